The van der Waals surface area contributed by atoms with Crippen LogP contribution >= 0.6 is 12.2 Å². The predicted molar refractivity (Wildman–Crippen MR) is 60.4 cm³/mol. The fraction of sp³-hybridized carbons (Fsp3) is 0.333. The Hall–Kier alpha value is -1.36. The van der Waals surface area contributed by atoms with Crippen LogP contribution < -0.4 is 4.90 Å². The number of H-pyrrole nitrogens is 1. The predicted octanol–water partition coefficient (Wildman–Crippen LogP) is 1.96. The summed E-state index contributed by atoms with van der Waals surface area (Å²) in [6, 6.07) is 1.90. The molecule has 0 saturated heterocycles. The lowest BCUT2D eigenvalue weighted by Crippen LogP contribution is -2.22. The van der Waals surface area contributed by atoms with Gasteiger partial charge in [-0.2, -0.15) is 0 Å². The van der Waals surface area contributed by atoms with Gasteiger partial charge < -0.3 is 14.8 Å². The van der Waals surface area contributed by atoms with Gasteiger partial charge >= 0.3 is 0 Å². The van der Waals surface area contributed by atoms with Gasteiger partial charge in [-0.3, -0.25) is 0 Å². The molecule has 5 heteroatoms. The number of nitrogens with one attached hydrogen (secondary N) is 1. The Morgan fingerprint density at radius 3 is 2.86 bits per heavy atom. The Morgan fingerprint density at radius 1 is 1.50 bits per heavy atom. The molecule has 4 nitrogen and oxygen atoms in total. The van der Waals surface area contributed by atoms with Gasteiger partial charge in [0.25, 0.3) is 0 Å². The third-order valence-corrected chi connectivity index (χ3v) is 2.05. The minimum atomic E-state index is 0. The minimum Gasteiger partial charge on any atom is -0.361 e. The molecule has 1 aromatic rings. The zero-order valence-electron chi connectivity index (χ0n) is 7.27. The van der Waals surface area contributed by atoms with Crippen LogP contribution in [0.2, 0.25) is 0 Å². The largest absolute Gasteiger partial charge is 0.361 e. The second-order valence-corrected chi connectivity index (χ2v) is 3.31. The standard InChI is InChI=1S/C8H10N4S.CH4/c1-11-4-5-12(6-11)7-2-3-9-8(13)10-7;/h2-5H,6H2,1H3,(H,9,10,13);1H4. The zero-order chi connectivity index (χ0) is 9.26. The van der Waals surface area contributed by atoms with Crippen LogP contribution in [0.3, 0.4) is 0 Å². The van der Waals surface area contributed by atoms with Crippen LogP contribution in [0.1, 0.15) is 7.43 Å². The number of aromatic nitrogens is 2. The average molecular weight is 210 g/mol. The van der Waals surface area contributed by atoms with Gasteiger partial charge in [0.2, 0.25) is 0 Å². The summed E-state index contributed by atoms with van der Waals surface area (Å²) in [6.07, 6.45) is 5.72. The van der Waals surface area contributed by atoms with Crippen molar-refractivity contribution >= 4 is 18.0 Å². The highest BCUT2D eigenvalue weighted by atomic mass is 32.1. The van der Waals surface area contributed by atoms with Gasteiger partial charge in [-0.05, 0) is 18.3 Å². The van der Waals surface area contributed by atoms with Crippen molar-refractivity contribution in [3.05, 3.63) is 29.4 Å². The van der Waals surface area contributed by atoms with Crippen LogP contribution in [0.15, 0.2) is 24.7 Å². The van der Waals surface area contributed by atoms with E-state index in [0.717, 1.165) is 12.5 Å². The van der Waals surface area contributed by atoms with Gasteiger partial charge in [-0.15, -0.1) is 0 Å². The maximum absolute atomic E-state index is 4.93. The summed E-state index contributed by atoms with van der Waals surface area (Å²) in [5.41, 5.74) is 0. The monoisotopic (exact) mass is 210 g/mol. The van der Waals surface area contributed by atoms with Crippen molar-refractivity contribution in [2.45, 2.75) is 7.43 Å². The summed E-state index contributed by atoms with van der Waals surface area (Å²) in [6.45, 7) is 0.843. The fourth-order valence-corrected chi connectivity index (χ4v) is 1.38. The van der Waals surface area contributed by atoms with Crippen molar-refractivity contribution in [3.63, 3.8) is 0 Å². The molecular weight excluding hydrogens is 196 g/mol. The lowest BCUT2D eigenvalue weighted by Gasteiger charge is -2.17. The van der Waals surface area contributed by atoms with E-state index in [4.69, 9.17) is 12.2 Å². The molecule has 0 aliphatic carbocycles. The van der Waals surface area contributed by atoms with Crippen molar-refractivity contribution in [2.24, 2.45) is 0 Å². The molecule has 2 heterocycles. The molecule has 0 amide bonds. The van der Waals surface area contributed by atoms with E-state index in [-0.39, 0.29) is 7.43 Å². The number of anilines is 1. The van der Waals surface area contributed by atoms with Crippen molar-refractivity contribution in [1.82, 2.24) is 14.9 Å². The van der Waals surface area contributed by atoms with Gasteiger partial charge in [-0.1, -0.05) is 7.43 Å². The quantitative estimate of drug-likeness (QED) is 0.719. The molecule has 0 spiro atoms. The maximum Gasteiger partial charge on any atom is 0.198 e. The molecule has 0 bridgehead atoms. The van der Waals surface area contributed by atoms with Gasteiger partial charge in [-0.25, -0.2) is 4.98 Å². The third kappa shape index (κ3) is 2.11. The Labute approximate surface area is 88.9 Å². The van der Waals surface area contributed by atoms with Crippen molar-refractivity contribution in [2.75, 3.05) is 18.6 Å². The van der Waals surface area contributed by atoms with Gasteiger partial charge in [0.15, 0.2) is 4.77 Å². The molecule has 1 N–H and O–H groups in total. The molecule has 0 atom stereocenters. The summed E-state index contributed by atoms with van der Waals surface area (Å²) in [4.78, 5) is 11.1. The number of aromatic amines is 1. The van der Waals surface area contributed by atoms with Crippen molar-refractivity contribution in [3.8, 4) is 0 Å². The smallest absolute Gasteiger partial charge is 0.198 e. The van der Waals surface area contributed by atoms with E-state index in [1.807, 2.05) is 25.5 Å². The minimum absolute atomic E-state index is 0. The summed E-state index contributed by atoms with van der Waals surface area (Å²) in [5, 5.41) is 0. The molecule has 0 fully saturated rings. The summed E-state index contributed by atoms with van der Waals surface area (Å²) in [5.74, 6) is 0.973. The van der Waals surface area contributed by atoms with Crippen LogP contribution in [0.25, 0.3) is 0 Å². The number of hydrogen-bond donors (Lipinski definition) is 1. The number of rotatable bonds is 1. The topological polar surface area (TPSA) is 35.2 Å². The second-order valence-electron chi connectivity index (χ2n) is 2.93. The van der Waals surface area contributed by atoms with Gasteiger partial charge in [0.1, 0.15) is 5.82 Å². The first-order valence-corrected chi connectivity index (χ1v) is 4.37. The summed E-state index contributed by atoms with van der Waals surface area (Å²) in [7, 11) is 2.02. The van der Waals surface area contributed by atoms with Crippen LogP contribution in [0.5, 0.6) is 0 Å². The lowest BCUT2D eigenvalue weighted by molar-refractivity contribution is 0.494. The molecular formula is C9H14N4S. The van der Waals surface area contributed by atoms with E-state index in [1.165, 1.54) is 0 Å². The molecule has 0 saturated carbocycles. The molecule has 1 aliphatic heterocycles. The van der Waals surface area contributed by atoms with Gasteiger partial charge in [0, 0.05) is 25.6 Å². The fourth-order valence-electron chi connectivity index (χ4n) is 1.21. The maximum atomic E-state index is 4.93. The first-order valence-electron chi connectivity index (χ1n) is 3.96. The van der Waals surface area contributed by atoms with Crippen molar-refractivity contribution < 1.29 is 0 Å². The first kappa shape index (κ1) is 10.7. The molecule has 2 rings (SSSR count). The van der Waals surface area contributed by atoms with Crippen molar-refractivity contribution in [1.29, 1.82) is 0 Å². The van der Waals surface area contributed by atoms with E-state index >= 15 is 0 Å². The van der Waals surface area contributed by atoms with Crippen LogP contribution in [-0.4, -0.2) is 28.6 Å². The molecule has 0 aromatic carbocycles. The Bertz CT molecular complexity index is 384. The molecule has 1 aliphatic rings. The van der Waals surface area contributed by atoms with E-state index in [1.54, 1.807) is 6.20 Å². The Balaban J connectivity index is 0.000000980. The Morgan fingerprint density at radius 2 is 2.29 bits per heavy atom. The lowest BCUT2D eigenvalue weighted by atomic mass is 10.5. The molecule has 1 aromatic heterocycles. The van der Waals surface area contributed by atoms with Gasteiger partial charge in [0.05, 0.1) is 6.67 Å². The van der Waals surface area contributed by atoms with E-state index < -0.39 is 0 Å². The van der Waals surface area contributed by atoms with Crippen LogP contribution in [-0.2, 0) is 0 Å². The summed E-state index contributed by atoms with van der Waals surface area (Å²) >= 11 is 4.93. The Kier molecular flexibility index (Phi) is 3.24. The highest BCUT2D eigenvalue weighted by Crippen LogP contribution is 2.13. The number of hydrogen-bond acceptors (Lipinski definition) is 4. The van der Waals surface area contributed by atoms with Crippen LogP contribution in [0.4, 0.5) is 5.82 Å². The highest BCUT2D eigenvalue weighted by molar-refractivity contribution is 7.71. The van der Waals surface area contributed by atoms with E-state index in [9.17, 15) is 0 Å². The molecule has 0 radical (unpaired) electrons. The molecule has 76 valence electrons. The zero-order valence-corrected chi connectivity index (χ0v) is 8.08. The molecule has 14 heavy (non-hydrogen) atoms. The van der Waals surface area contributed by atoms with E-state index in [0.29, 0.717) is 4.77 Å². The van der Waals surface area contributed by atoms with Crippen LogP contribution in [0, 0.1) is 4.77 Å². The molecule has 0 unspecified atom stereocenters. The normalized spacial score (nSPS) is 14.4. The second kappa shape index (κ2) is 4.23. The highest BCUT2D eigenvalue weighted by Gasteiger charge is 2.09. The van der Waals surface area contributed by atoms with E-state index in [2.05, 4.69) is 19.8 Å². The third-order valence-electron chi connectivity index (χ3n) is 1.85. The number of nitrogens with zero attached hydrogens (tertiary/aromatic N) is 3. The summed E-state index contributed by atoms with van der Waals surface area (Å²) < 4.78 is 0.514. The average Bonchev–Trinajstić information content (AvgIpc) is 2.52. The first-order chi connectivity index (χ1) is 6.25. The SMILES string of the molecule is C.CN1C=CN(c2ccnc(=S)[nH]2)C1.